The van der Waals surface area contributed by atoms with Gasteiger partial charge >= 0.3 is 0 Å². The molecule has 0 unspecified atom stereocenters. The van der Waals surface area contributed by atoms with Crippen LogP contribution in [0.4, 0.5) is 8.78 Å². The Morgan fingerprint density at radius 1 is 1.17 bits per heavy atom. The molecule has 36 heavy (non-hydrogen) atoms. The summed E-state index contributed by atoms with van der Waals surface area (Å²) in [4.78, 5) is 27.1. The van der Waals surface area contributed by atoms with Crippen LogP contribution in [-0.2, 0) is 24.2 Å². The van der Waals surface area contributed by atoms with Gasteiger partial charge in [0.05, 0.1) is 52.4 Å². The lowest BCUT2D eigenvalue weighted by atomic mass is 9.92. The molecule has 1 heterocycles. The predicted molar refractivity (Wildman–Crippen MR) is 127 cm³/mol. The second-order valence-electron chi connectivity index (χ2n) is 9.66. The van der Waals surface area contributed by atoms with Crippen molar-refractivity contribution in [2.24, 2.45) is 11.8 Å². The lowest BCUT2D eigenvalue weighted by Crippen LogP contribution is -2.60. The van der Waals surface area contributed by atoms with Crippen molar-refractivity contribution in [1.82, 2.24) is 15.5 Å². The van der Waals surface area contributed by atoms with Crippen molar-refractivity contribution in [1.29, 1.82) is 0 Å². The molecule has 4 rings (SSSR count). The summed E-state index contributed by atoms with van der Waals surface area (Å²) in [6.45, 7) is -0.863. The average Bonchev–Trinajstić information content (AvgIpc) is 3.42. The maximum atomic E-state index is 13.5. The number of nitrogens with zero attached hydrogens (tertiary/aromatic N) is 1. The number of amides is 2. The number of nitrogens with one attached hydrogen (secondary N) is 2. The molecule has 1 saturated heterocycles. The third-order valence-corrected chi connectivity index (χ3v) is 9.78. The zero-order valence-electron chi connectivity index (χ0n) is 20.1. The van der Waals surface area contributed by atoms with Gasteiger partial charge in [0.15, 0.2) is 9.84 Å². The Balaban J connectivity index is 1.55. The van der Waals surface area contributed by atoms with Crippen molar-refractivity contribution in [2.75, 3.05) is 40.5 Å². The first-order chi connectivity index (χ1) is 16.9. The Morgan fingerprint density at radius 3 is 2.39 bits per heavy atom. The summed E-state index contributed by atoms with van der Waals surface area (Å²) in [5, 5.41) is 4.77. The summed E-state index contributed by atoms with van der Waals surface area (Å²) in [5.74, 6) is -5.67. The van der Waals surface area contributed by atoms with Gasteiger partial charge in [-0.2, -0.15) is 0 Å². The van der Waals surface area contributed by atoms with E-state index in [2.05, 4.69) is 10.6 Å². The van der Waals surface area contributed by atoms with Crippen molar-refractivity contribution >= 4 is 33.3 Å². The van der Waals surface area contributed by atoms with Crippen molar-refractivity contribution in [2.45, 2.75) is 47.4 Å². The molecule has 1 aromatic rings. The Labute approximate surface area is 213 Å². The first-order valence-electron chi connectivity index (χ1n) is 11.7. The first kappa shape index (κ1) is 27.0. The molecule has 3 aliphatic rings. The minimum atomic E-state index is -4.04. The van der Waals surface area contributed by atoms with Crippen LogP contribution in [-0.4, -0.2) is 82.4 Å². The number of benzene rings is 1. The first-order valence-corrected chi connectivity index (χ1v) is 13.7. The molecule has 9 nitrogen and oxygen atoms in total. The van der Waals surface area contributed by atoms with Gasteiger partial charge in [-0.3, -0.25) is 14.9 Å². The van der Waals surface area contributed by atoms with E-state index in [0.29, 0.717) is 25.2 Å². The van der Waals surface area contributed by atoms with Gasteiger partial charge in [-0.25, -0.2) is 17.2 Å². The Hall–Kier alpha value is -2.02. The number of halogens is 3. The quantitative estimate of drug-likeness (QED) is 0.338. The molecule has 2 N–H and O–H groups in total. The van der Waals surface area contributed by atoms with Gasteiger partial charge in [0.1, 0.15) is 12.4 Å². The van der Waals surface area contributed by atoms with Crippen molar-refractivity contribution in [3.8, 4) is 5.75 Å². The van der Waals surface area contributed by atoms with Crippen LogP contribution in [0.5, 0.6) is 5.75 Å². The maximum absolute atomic E-state index is 13.5. The third-order valence-electron chi connectivity index (χ3n) is 7.13. The number of ether oxygens (including phenoxy) is 2. The molecule has 0 radical (unpaired) electrons. The van der Waals surface area contributed by atoms with E-state index in [1.165, 1.54) is 25.3 Å². The largest absolute Gasteiger partial charge is 0.491 e. The summed E-state index contributed by atoms with van der Waals surface area (Å²) < 4.78 is 64.3. The number of hydrogen-bond donors (Lipinski definition) is 2. The summed E-state index contributed by atoms with van der Waals surface area (Å²) in [5.41, 5.74) is -0.576. The van der Waals surface area contributed by atoms with Gasteiger partial charge in [-0.1, -0.05) is 11.6 Å². The van der Waals surface area contributed by atoms with E-state index in [4.69, 9.17) is 21.1 Å². The second-order valence-corrected chi connectivity index (χ2v) is 12.3. The number of alkyl halides is 2. The van der Waals surface area contributed by atoms with Gasteiger partial charge < -0.3 is 19.7 Å². The van der Waals surface area contributed by atoms with Crippen LogP contribution >= 0.6 is 11.6 Å². The summed E-state index contributed by atoms with van der Waals surface area (Å²) in [6, 6.07) is 4.19. The topological polar surface area (TPSA) is 114 Å². The molecule has 1 aliphatic heterocycles. The van der Waals surface area contributed by atoms with Crippen LogP contribution in [0.1, 0.15) is 25.7 Å². The molecule has 0 bridgehead atoms. The fourth-order valence-electron chi connectivity index (χ4n) is 4.83. The molecule has 2 aliphatic carbocycles. The van der Waals surface area contributed by atoms with Crippen LogP contribution in [0.15, 0.2) is 23.1 Å². The molecule has 3 fully saturated rings. The van der Waals surface area contributed by atoms with E-state index in [1.807, 2.05) is 0 Å². The highest BCUT2D eigenvalue weighted by atomic mass is 35.5. The second kappa shape index (κ2) is 10.0. The minimum Gasteiger partial charge on any atom is -0.491 e. The van der Waals surface area contributed by atoms with Gasteiger partial charge in [-0.05, 0) is 44.9 Å². The number of sulfone groups is 1. The molecule has 3 atom stereocenters. The van der Waals surface area contributed by atoms with Crippen LogP contribution in [0, 0.1) is 11.8 Å². The van der Waals surface area contributed by atoms with Gasteiger partial charge in [-0.15, -0.1) is 0 Å². The summed E-state index contributed by atoms with van der Waals surface area (Å²) >= 11 is 6.29. The number of rotatable bonds is 10. The maximum Gasteiger partial charge on any atom is 0.282 e. The van der Waals surface area contributed by atoms with Crippen LogP contribution < -0.4 is 15.4 Å². The van der Waals surface area contributed by atoms with Crippen LogP contribution in [0.3, 0.4) is 0 Å². The van der Waals surface area contributed by atoms with Crippen LogP contribution in [0.25, 0.3) is 0 Å². The zero-order valence-corrected chi connectivity index (χ0v) is 21.6. The van der Waals surface area contributed by atoms with Gasteiger partial charge in [0.2, 0.25) is 11.8 Å². The van der Waals surface area contributed by atoms with E-state index < -0.39 is 63.4 Å². The van der Waals surface area contributed by atoms with Crippen LogP contribution in [0.2, 0.25) is 5.02 Å². The Kier molecular flexibility index (Phi) is 7.53. The number of methoxy groups -OCH3 is 1. The number of likely N-dealkylation sites (tertiary alicyclic amines) is 1. The van der Waals surface area contributed by atoms with Crippen molar-refractivity contribution in [3.63, 3.8) is 0 Å². The van der Waals surface area contributed by atoms with E-state index in [0.717, 1.165) is 4.90 Å². The fraction of sp³-hybridized carbons (Fsp3) is 0.652. The normalized spacial score (nSPS) is 26.2. The van der Waals surface area contributed by atoms with Gasteiger partial charge in [0.25, 0.3) is 5.92 Å². The standard InChI is InChI=1S/C23H30ClF2N3O6S/c1-27-23(5-6-23)28-20(30)16-10-15(11-17(16)21(31)29-12-22(25,26)13-29)36(32,33)19-4-3-14(9-18(19)24)35-8-7-34-2/h3-4,9,15-17,27H,5-8,10-13H2,1-2H3,(H,28,30)/t15-,16-,17-/m1/s1. The lowest BCUT2D eigenvalue weighted by molar-refractivity contribution is -0.171. The molecule has 13 heteroatoms. The lowest BCUT2D eigenvalue weighted by Gasteiger charge is -2.40. The molecule has 2 saturated carbocycles. The highest BCUT2D eigenvalue weighted by Crippen LogP contribution is 2.43. The SMILES string of the molecule is CNC1(NC(=O)[C@@H]2C[C@@H](S(=O)(=O)c3ccc(OCCOC)cc3Cl)C[C@H]2C(=O)N2CC(F)(F)C2)CC1. The molecular formula is C23H30ClF2N3O6S. The summed E-state index contributed by atoms with van der Waals surface area (Å²) in [6.07, 6.45) is 1.14. The summed E-state index contributed by atoms with van der Waals surface area (Å²) in [7, 11) is -0.819. The van der Waals surface area contributed by atoms with Crippen molar-refractivity contribution in [3.05, 3.63) is 23.2 Å². The fourth-order valence-corrected chi connectivity index (χ4v) is 7.19. The monoisotopic (exact) mass is 549 g/mol. The molecule has 0 aromatic heterocycles. The van der Waals surface area contributed by atoms with E-state index in [9.17, 15) is 26.8 Å². The number of carbonyl (C=O) groups excluding carboxylic acids is 2. The number of hydrogen-bond acceptors (Lipinski definition) is 7. The molecule has 1 aromatic carbocycles. The molecule has 0 spiro atoms. The zero-order chi connectivity index (χ0) is 26.3. The van der Waals surface area contributed by atoms with Crippen molar-refractivity contribution < 1.29 is 36.3 Å². The molecule has 2 amide bonds. The number of carbonyl (C=O) groups is 2. The van der Waals surface area contributed by atoms with E-state index in [-0.39, 0.29) is 29.4 Å². The third kappa shape index (κ3) is 5.46. The average molecular weight is 550 g/mol. The molecular weight excluding hydrogens is 520 g/mol. The van der Waals surface area contributed by atoms with Gasteiger partial charge in [0, 0.05) is 13.2 Å². The highest BCUT2D eigenvalue weighted by Gasteiger charge is 2.55. The van der Waals surface area contributed by atoms with E-state index in [1.54, 1.807) is 7.05 Å². The minimum absolute atomic E-state index is 0.0461. The Morgan fingerprint density at radius 2 is 1.83 bits per heavy atom. The molecule has 200 valence electrons. The highest BCUT2D eigenvalue weighted by molar-refractivity contribution is 7.92. The predicted octanol–water partition coefficient (Wildman–Crippen LogP) is 1.84. The van der Waals surface area contributed by atoms with E-state index >= 15 is 0 Å². The smallest absolute Gasteiger partial charge is 0.282 e. The Bertz CT molecular complexity index is 1120.